The van der Waals surface area contributed by atoms with E-state index in [1.807, 2.05) is 0 Å². The van der Waals surface area contributed by atoms with Gasteiger partial charge in [-0.15, -0.1) is 0 Å². The number of hydrogen-bond acceptors (Lipinski definition) is 5. The van der Waals surface area contributed by atoms with E-state index < -0.39 is 22.8 Å². The molecular weight excluding hydrogens is 264 g/mol. The van der Waals surface area contributed by atoms with Gasteiger partial charge in [-0.1, -0.05) is 12.1 Å². The van der Waals surface area contributed by atoms with Gasteiger partial charge in [-0.3, -0.25) is 14.9 Å². The van der Waals surface area contributed by atoms with Crippen molar-refractivity contribution in [2.24, 2.45) is 0 Å². The third kappa shape index (κ3) is 4.20. The predicted octanol–water partition coefficient (Wildman–Crippen LogP) is 1.29. The highest BCUT2D eigenvalue weighted by atomic mass is 16.6. The van der Waals surface area contributed by atoms with Crippen molar-refractivity contribution in [3.05, 3.63) is 46.0 Å². The molecule has 1 amide bonds. The van der Waals surface area contributed by atoms with Gasteiger partial charge in [0.2, 0.25) is 5.91 Å². The molecule has 106 valence electrons. The molecule has 0 aliphatic carbocycles. The predicted molar refractivity (Wildman–Crippen MR) is 71.8 cm³/mol. The molecule has 1 aromatic rings. The van der Waals surface area contributed by atoms with Crippen LogP contribution in [0.5, 0.6) is 0 Å². The van der Waals surface area contributed by atoms with Gasteiger partial charge in [0.15, 0.2) is 0 Å². The fraction of sp³-hybridized carbons (Fsp3) is 0.231. The minimum Gasteiger partial charge on any atom is -0.467 e. The Morgan fingerprint density at radius 3 is 2.65 bits per heavy atom. The zero-order valence-corrected chi connectivity index (χ0v) is 11.0. The van der Waals surface area contributed by atoms with Crippen LogP contribution < -0.4 is 5.32 Å². The molecule has 20 heavy (non-hydrogen) atoms. The molecule has 0 radical (unpaired) electrons. The fourth-order valence-corrected chi connectivity index (χ4v) is 1.46. The van der Waals surface area contributed by atoms with E-state index in [2.05, 4.69) is 10.1 Å². The number of methoxy groups -OCH3 is 1. The second-order valence-electron chi connectivity index (χ2n) is 3.90. The number of nitrogens with zero attached hydrogens (tertiary/aromatic N) is 1. The summed E-state index contributed by atoms with van der Waals surface area (Å²) in [5, 5.41) is 13.2. The Balaban J connectivity index is 2.76. The second kappa shape index (κ2) is 7.03. The SMILES string of the molecule is COC(=O)C(C)NC(=O)C=Cc1ccccc1[N+](=O)[O-]. The van der Waals surface area contributed by atoms with Gasteiger partial charge in [-0.25, -0.2) is 4.79 Å². The maximum Gasteiger partial charge on any atom is 0.328 e. The van der Waals surface area contributed by atoms with Crippen LogP contribution in [0.2, 0.25) is 0 Å². The van der Waals surface area contributed by atoms with Gasteiger partial charge in [0.05, 0.1) is 17.6 Å². The van der Waals surface area contributed by atoms with Crippen molar-refractivity contribution in [3.8, 4) is 0 Å². The van der Waals surface area contributed by atoms with Crippen LogP contribution in [0.25, 0.3) is 6.08 Å². The summed E-state index contributed by atoms with van der Waals surface area (Å²) >= 11 is 0. The van der Waals surface area contributed by atoms with E-state index in [1.54, 1.807) is 6.07 Å². The van der Waals surface area contributed by atoms with Crippen molar-refractivity contribution in [3.63, 3.8) is 0 Å². The average molecular weight is 278 g/mol. The highest BCUT2D eigenvalue weighted by Crippen LogP contribution is 2.18. The van der Waals surface area contributed by atoms with E-state index in [0.717, 1.165) is 6.08 Å². The van der Waals surface area contributed by atoms with Gasteiger partial charge in [0, 0.05) is 12.1 Å². The lowest BCUT2D eigenvalue weighted by atomic mass is 10.1. The first kappa shape index (κ1) is 15.4. The zero-order valence-electron chi connectivity index (χ0n) is 11.0. The Morgan fingerprint density at radius 2 is 2.05 bits per heavy atom. The first-order valence-electron chi connectivity index (χ1n) is 5.75. The minimum atomic E-state index is -0.789. The van der Waals surface area contributed by atoms with Crippen molar-refractivity contribution in [2.45, 2.75) is 13.0 Å². The number of nitro groups is 1. The fourth-order valence-electron chi connectivity index (χ4n) is 1.46. The van der Waals surface area contributed by atoms with Crippen molar-refractivity contribution in [1.29, 1.82) is 0 Å². The molecule has 7 nitrogen and oxygen atoms in total. The summed E-state index contributed by atoms with van der Waals surface area (Å²) in [6.07, 6.45) is 2.44. The number of ether oxygens (including phenoxy) is 1. The quantitative estimate of drug-likeness (QED) is 0.378. The summed E-state index contributed by atoms with van der Waals surface area (Å²) in [6.45, 7) is 1.47. The van der Waals surface area contributed by atoms with E-state index in [-0.39, 0.29) is 5.69 Å². The van der Waals surface area contributed by atoms with Crippen molar-refractivity contribution in [1.82, 2.24) is 5.32 Å². The Hall–Kier alpha value is -2.70. The minimum absolute atomic E-state index is 0.0995. The molecule has 0 heterocycles. The molecule has 0 saturated carbocycles. The number of benzene rings is 1. The highest BCUT2D eigenvalue weighted by molar-refractivity contribution is 5.94. The molecular formula is C13H14N2O5. The van der Waals surface area contributed by atoms with E-state index >= 15 is 0 Å². The van der Waals surface area contributed by atoms with Crippen LogP contribution in [0.1, 0.15) is 12.5 Å². The average Bonchev–Trinajstić information content (AvgIpc) is 2.44. The smallest absolute Gasteiger partial charge is 0.328 e. The molecule has 0 aromatic heterocycles. The maximum absolute atomic E-state index is 11.6. The number of rotatable bonds is 5. The van der Waals surface area contributed by atoms with Gasteiger partial charge < -0.3 is 10.1 Å². The molecule has 1 unspecified atom stereocenters. The topological polar surface area (TPSA) is 98.5 Å². The largest absolute Gasteiger partial charge is 0.467 e. The van der Waals surface area contributed by atoms with Crippen LogP contribution in [0, 0.1) is 10.1 Å². The lowest BCUT2D eigenvalue weighted by Crippen LogP contribution is -2.38. The summed E-state index contributed by atoms with van der Waals surface area (Å²) in [6, 6.07) is 5.24. The Kier molecular flexibility index (Phi) is 5.40. The summed E-state index contributed by atoms with van der Waals surface area (Å²) in [5.74, 6) is -1.11. The number of esters is 1. The molecule has 7 heteroatoms. The molecule has 1 atom stereocenters. The maximum atomic E-state index is 11.6. The first-order valence-corrected chi connectivity index (χ1v) is 5.75. The Labute approximate surface area is 115 Å². The number of carbonyl (C=O) groups excluding carboxylic acids is 2. The molecule has 0 bridgehead atoms. The van der Waals surface area contributed by atoms with Crippen molar-refractivity contribution >= 4 is 23.6 Å². The normalized spacial score (nSPS) is 11.9. The Morgan fingerprint density at radius 1 is 1.40 bits per heavy atom. The van der Waals surface area contributed by atoms with Gasteiger partial charge >= 0.3 is 5.97 Å². The monoisotopic (exact) mass is 278 g/mol. The lowest BCUT2D eigenvalue weighted by molar-refractivity contribution is -0.385. The van der Waals surface area contributed by atoms with Gasteiger partial charge in [-0.05, 0) is 19.1 Å². The summed E-state index contributed by atoms with van der Waals surface area (Å²) < 4.78 is 4.46. The summed E-state index contributed by atoms with van der Waals surface area (Å²) in [5.41, 5.74) is 0.205. The molecule has 0 aliphatic rings. The number of hydrogen-bond donors (Lipinski definition) is 1. The van der Waals surface area contributed by atoms with Crippen LogP contribution in [-0.4, -0.2) is 30.0 Å². The Bertz CT molecular complexity index is 553. The highest BCUT2D eigenvalue weighted by Gasteiger charge is 2.14. The van der Waals surface area contributed by atoms with Crippen molar-refractivity contribution in [2.75, 3.05) is 7.11 Å². The molecule has 1 N–H and O–H groups in total. The molecule has 0 aliphatic heterocycles. The number of para-hydroxylation sites is 1. The third-order valence-electron chi connectivity index (χ3n) is 2.46. The van der Waals surface area contributed by atoms with E-state index in [9.17, 15) is 19.7 Å². The van der Waals surface area contributed by atoms with Crippen LogP contribution in [-0.2, 0) is 14.3 Å². The van der Waals surface area contributed by atoms with Gasteiger partial charge in [-0.2, -0.15) is 0 Å². The van der Waals surface area contributed by atoms with Gasteiger partial charge in [0.25, 0.3) is 5.69 Å². The third-order valence-corrected chi connectivity index (χ3v) is 2.46. The number of carbonyl (C=O) groups is 2. The van der Waals surface area contributed by atoms with Crippen LogP contribution in [0.15, 0.2) is 30.3 Å². The summed E-state index contributed by atoms with van der Waals surface area (Å²) in [7, 11) is 1.22. The molecule has 0 spiro atoms. The zero-order chi connectivity index (χ0) is 15.1. The van der Waals surface area contributed by atoms with Crippen LogP contribution in [0.4, 0.5) is 5.69 Å². The van der Waals surface area contributed by atoms with E-state index in [0.29, 0.717) is 5.56 Å². The molecule has 0 fully saturated rings. The van der Waals surface area contributed by atoms with Crippen LogP contribution in [0.3, 0.4) is 0 Å². The standard InChI is InChI=1S/C13H14N2O5/c1-9(13(17)20-2)14-12(16)8-7-10-5-3-4-6-11(10)15(18)19/h3-9H,1-2H3,(H,14,16). The molecule has 0 saturated heterocycles. The van der Waals surface area contributed by atoms with Crippen LogP contribution >= 0.6 is 0 Å². The van der Waals surface area contributed by atoms with E-state index in [4.69, 9.17) is 0 Å². The second-order valence-corrected chi connectivity index (χ2v) is 3.90. The number of amides is 1. The first-order chi connectivity index (χ1) is 9.45. The molecule has 1 aromatic carbocycles. The van der Waals surface area contributed by atoms with Crippen molar-refractivity contribution < 1.29 is 19.2 Å². The number of nitrogens with one attached hydrogen (secondary N) is 1. The van der Waals surface area contributed by atoms with Gasteiger partial charge in [0.1, 0.15) is 6.04 Å². The lowest BCUT2D eigenvalue weighted by Gasteiger charge is -2.09. The summed E-state index contributed by atoms with van der Waals surface area (Å²) in [4.78, 5) is 32.9. The number of nitro benzene ring substituents is 1. The molecule has 1 rings (SSSR count). The van der Waals surface area contributed by atoms with E-state index in [1.165, 1.54) is 38.3 Å².